The Labute approximate surface area is 226 Å². The van der Waals surface area contributed by atoms with Crippen molar-refractivity contribution in [3.8, 4) is 11.8 Å². The average molecular weight is 536 g/mol. The summed E-state index contributed by atoms with van der Waals surface area (Å²) in [7, 11) is 0. The number of aromatic nitrogens is 3. The maximum absolute atomic E-state index is 12.9. The number of thioether (sulfide) groups is 1. The molecule has 1 aromatic carbocycles. The number of fused-ring (bicyclic) bond motifs is 1. The standard InChI is InChI=1S/C28H33N5O2S2/c1-6-13-33-24(16-35-22-10-8-7-9-18(22)2)31-32-27(33)36-17-25(34)30-26-21(15-29)20-12-11-19(28(3,4)5)14-23(20)37-26/h6-10,19H,1,11-14,16-17H2,2-5H3,(H,30,34). The van der Waals surface area contributed by atoms with Crippen molar-refractivity contribution in [2.45, 2.75) is 65.3 Å². The third kappa shape index (κ3) is 6.25. The second-order valence-electron chi connectivity index (χ2n) is 10.3. The maximum atomic E-state index is 12.9. The zero-order valence-corrected chi connectivity index (χ0v) is 23.5. The normalized spacial score (nSPS) is 15.1. The molecule has 0 bridgehead atoms. The predicted octanol–water partition coefficient (Wildman–Crippen LogP) is 6.17. The molecule has 4 rings (SSSR count). The number of benzene rings is 1. The summed E-state index contributed by atoms with van der Waals surface area (Å²) in [4.78, 5) is 14.1. The van der Waals surface area contributed by atoms with Crippen LogP contribution in [-0.4, -0.2) is 26.4 Å². The van der Waals surface area contributed by atoms with Gasteiger partial charge in [0.05, 0.1) is 11.3 Å². The van der Waals surface area contributed by atoms with Crippen molar-refractivity contribution < 1.29 is 9.53 Å². The van der Waals surface area contributed by atoms with Gasteiger partial charge >= 0.3 is 0 Å². The number of nitriles is 1. The van der Waals surface area contributed by atoms with Gasteiger partial charge < -0.3 is 10.1 Å². The first-order chi connectivity index (χ1) is 17.7. The fraction of sp³-hybridized carbons (Fsp3) is 0.429. The van der Waals surface area contributed by atoms with Gasteiger partial charge in [0.2, 0.25) is 5.91 Å². The molecule has 2 heterocycles. The van der Waals surface area contributed by atoms with Crippen LogP contribution >= 0.6 is 23.1 Å². The number of hydrogen-bond donors (Lipinski definition) is 1. The molecule has 1 N–H and O–H groups in total. The maximum Gasteiger partial charge on any atom is 0.235 e. The Morgan fingerprint density at radius 3 is 2.86 bits per heavy atom. The number of amides is 1. The summed E-state index contributed by atoms with van der Waals surface area (Å²) in [5.41, 5.74) is 3.00. The molecule has 1 atom stereocenters. The van der Waals surface area contributed by atoms with Gasteiger partial charge in [-0.15, -0.1) is 28.1 Å². The molecule has 0 saturated heterocycles. The Morgan fingerprint density at radius 2 is 2.16 bits per heavy atom. The van der Waals surface area contributed by atoms with Crippen LogP contribution in [0.5, 0.6) is 5.75 Å². The minimum absolute atomic E-state index is 0.159. The Bertz CT molecular complexity index is 1330. The van der Waals surface area contributed by atoms with Gasteiger partial charge in [-0.1, -0.05) is 56.8 Å². The molecule has 194 valence electrons. The first-order valence-corrected chi connectivity index (χ1v) is 14.2. The van der Waals surface area contributed by atoms with E-state index in [1.54, 1.807) is 17.4 Å². The quantitative estimate of drug-likeness (QED) is 0.260. The van der Waals surface area contributed by atoms with Gasteiger partial charge in [0, 0.05) is 11.4 Å². The van der Waals surface area contributed by atoms with Crippen LogP contribution in [0.1, 0.15) is 54.6 Å². The molecule has 0 aliphatic heterocycles. The Morgan fingerprint density at radius 1 is 1.38 bits per heavy atom. The summed E-state index contributed by atoms with van der Waals surface area (Å²) in [5.74, 6) is 2.02. The lowest BCUT2D eigenvalue weighted by atomic mass is 9.72. The lowest BCUT2D eigenvalue weighted by molar-refractivity contribution is -0.113. The summed E-state index contributed by atoms with van der Waals surface area (Å²) < 4.78 is 7.85. The molecule has 0 fully saturated rings. The van der Waals surface area contributed by atoms with Gasteiger partial charge in [-0.05, 0) is 54.7 Å². The highest BCUT2D eigenvalue weighted by atomic mass is 32.2. The van der Waals surface area contributed by atoms with Gasteiger partial charge in [0.25, 0.3) is 0 Å². The molecular weight excluding hydrogens is 502 g/mol. The summed E-state index contributed by atoms with van der Waals surface area (Å²) >= 11 is 2.86. The largest absolute Gasteiger partial charge is 0.485 e. The van der Waals surface area contributed by atoms with Crippen LogP contribution in [0.4, 0.5) is 5.00 Å². The van der Waals surface area contributed by atoms with Crippen LogP contribution in [0.3, 0.4) is 0 Å². The third-order valence-corrected chi connectivity index (χ3v) is 8.88. The molecule has 0 spiro atoms. The van der Waals surface area contributed by atoms with Crippen LogP contribution in [0, 0.1) is 29.6 Å². The number of carbonyl (C=O) groups is 1. The number of hydrogen-bond acceptors (Lipinski definition) is 7. The average Bonchev–Trinajstić information content (AvgIpc) is 3.41. The van der Waals surface area contributed by atoms with Crippen molar-refractivity contribution in [2.24, 2.45) is 11.3 Å². The SMILES string of the molecule is C=CCn1c(COc2ccccc2C)nnc1SCC(=O)Nc1sc2c(c1C#N)CCC(C(C)(C)C)C2. The molecule has 3 aromatic rings. The number of rotatable bonds is 9. The van der Waals surface area contributed by atoms with E-state index in [2.05, 4.69) is 48.9 Å². The van der Waals surface area contributed by atoms with E-state index in [1.807, 2.05) is 35.8 Å². The topological polar surface area (TPSA) is 92.8 Å². The second-order valence-corrected chi connectivity index (χ2v) is 12.4. The smallest absolute Gasteiger partial charge is 0.235 e. The van der Waals surface area contributed by atoms with Crippen molar-refractivity contribution in [2.75, 3.05) is 11.1 Å². The summed E-state index contributed by atoms with van der Waals surface area (Å²) in [6.07, 6.45) is 4.69. The van der Waals surface area contributed by atoms with E-state index in [0.717, 1.165) is 36.1 Å². The monoisotopic (exact) mass is 535 g/mol. The van der Waals surface area contributed by atoms with E-state index < -0.39 is 0 Å². The van der Waals surface area contributed by atoms with Gasteiger partial charge in [0.1, 0.15) is 23.4 Å². The van der Waals surface area contributed by atoms with E-state index in [-0.39, 0.29) is 23.7 Å². The predicted molar refractivity (Wildman–Crippen MR) is 149 cm³/mol. The van der Waals surface area contributed by atoms with Gasteiger partial charge in [0.15, 0.2) is 11.0 Å². The van der Waals surface area contributed by atoms with Crippen LogP contribution < -0.4 is 10.1 Å². The summed E-state index contributed by atoms with van der Waals surface area (Å²) in [5, 5.41) is 22.7. The Kier molecular flexibility index (Phi) is 8.40. The zero-order valence-electron chi connectivity index (χ0n) is 21.8. The van der Waals surface area contributed by atoms with Crippen molar-refractivity contribution in [3.63, 3.8) is 0 Å². The number of para-hydroxylation sites is 1. The minimum Gasteiger partial charge on any atom is -0.485 e. The van der Waals surface area contributed by atoms with Crippen molar-refractivity contribution in [1.29, 1.82) is 5.26 Å². The summed E-state index contributed by atoms with van der Waals surface area (Å²) in [6.45, 7) is 13.4. The molecule has 2 aromatic heterocycles. The second kappa shape index (κ2) is 11.5. The highest BCUT2D eigenvalue weighted by Crippen LogP contribution is 2.44. The van der Waals surface area contributed by atoms with E-state index >= 15 is 0 Å². The number of anilines is 1. The molecule has 1 amide bonds. The molecule has 0 saturated carbocycles. The molecule has 37 heavy (non-hydrogen) atoms. The molecule has 1 aliphatic rings. The number of nitrogens with zero attached hydrogens (tertiary/aromatic N) is 4. The number of allylic oxidation sites excluding steroid dienone is 1. The highest BCUT2D eigenvalue weighted by molar-refractivity contribution is 7.99. The minimum atomic E-state index is -0.168. The van der Waals surface area contributed by atoms with Gasteiger partial charge in [-0.2, -0.15) is 5.26 Å². The lowest BCUT2D eigenvalue weighted by Gasteiger charge is -2.33. The number of ether oxygens (including phenoxy) is 1. The van der Waals surface area contributed by atoms with Crippen molar-refractivity contribution >= 4 is 34.0 Å². The van der Waals surface area contributed by atoms with E-state index in [4.69, 9.17) is 4.74 Å². The van der Waals surface area contributed by atoms with Crippen molar-refractivity contribution in [3.05, 3.63) is 64.3 Å². The fourth-order valence-electron chi connectivity index (χ4n) is 4.53. The van der Waals surface area contributed by atoms with Crippen LogP contribution in [0.2, 0.25) is 0 Å². The number of thiophene rings is 1. The molecule has 1 unspecified atom stereocenters. The van der Waals surface area contributed by atoms with E-state index in [1.165, 1.54) is 16.6 Å². The van der Waals surface area contributed by atoms with Crippen LogP contribution in [-0.2, 0) is 30.8 Å². The zero-order chi connectivity index (χ0) is 26.6. The highest BCUT2D eigenvalue weighted by Gasteiger charge is 2.32. The molecule has 9 heteroatoms. The molecule has 1 aliphatic carbocycles. The first kappa shape index (κ1) is 27.0. The number of carbonyl (C=O) groups excluding carboxylic acids is 1. The Hall–Kier alpha value is -3.09. The van der Waals surface area contributed by atoms with Gasteiger partial charge in [-0.3, -0.25) is 9.36 Å². The first-order valence-electron chi connectivity index (χ1n) is 12.4. The lowest BCUT2D eigenvalue weighted by Crippen LogP contribution is -2.26. The summed E-state index contributed by atoms with van der Waals surface area (Å²) in [6, 6.07) is 10.2. The van der Waals surface area contributed by atoms with Gasteiger partial charge in [-0.25, -0.2) is 0 Å². The van der Waals surface area contributed by atoms with Crippen LogP contribution in [0.15, 0.2) is 42.1 Å². The fourth-order valence-corrected chi connectivity index (χ4v) is 6.59. The third-order valence-electron chi connectivity index (χ3n) is 6.74. The van der Waals surface area contributed by atoms with E-state index in [9.17, 15) is 10.1 Å². The van der Waals surface area contributed by atoms with E-state index in [0.29, 0.717) is 34.0 Å². The van der Waals surface area contributed by atoms with Crippen LogP contribution in [0.25, 0.3) is 0 Å². The Balaban J connectivity index is 1.41. The molecule has 0 radical (unpaired) electrons. The molecule has 7 nitrogen and oxygen atoms in total. The number of aryl methyl sites for hydroxylation is 1. The van der Waals surface area contributed by atoms with Crippen molar-refractivity contribution in [1.82, 2.24) is 14.8 Å². The molecular formula is C28H33N5O2S2. The number of nitrogens with one attached hydrogen (secondary N) is 1.